The van der Waals surface area contributed by atoms with E-state index < -0.39 is 0 Å². The Kier molecular flexibility index (Phi) is 3.45. The predicted octanol–water partition coefficient (Wildman–Crippen LogP) is 3.90. The van der Waals surface area contributed by atoms with Crippen LogP contribution in [0, 0.1) is 0 Å². The molecule has 1 unspecified atom stereocenters. The number of hydrogen-bond donors (Lipinski definition) is 1. The van der Waals surface area contributed by atoms with E-state index in [1.54, 1.807) is 0 Å². The van der Waals surface area contributed by atoms with E-state index in [0.717, 1.165) is 40.3 Å². The fourth-order valence-corrected chi connectivity index (χ4v) is 2.73. The van der Waals surface area contributed by atoms with Crippen molar-refractivity contribution in [3.8, 4) is 5.75 Å². The number of ether oxygens (including phenoxy) is 1. The van der Waals surface area contributed by atoms with Crippen LogP contribution in [0.2, 0.25) is 5.02 Å². The number of aliphatic hydroxyl groups excluding tert-OH is 1. The van der Waals surface area contributed by atoms with Gasteiger partial charge < -0.3 is 9.84 Å². The smallest absolute Gasteiger partial charge is 0.123 e. The molecular weight excluding hydrogens is 260 g/mol. The van der Waals surface area contributed by atoms with Crippen LogP contribution in [-0.2, 0) is 13.0 Å². The molecule has 0 spiro atoms. The summed E-state index contributed by atoms with van der Waals surface area (Å²) in [6.45, 7) is 0.493. The predicted molar refractivity (Wildman–Crippen MR) is 75.5 cm³/mol. The summed E-state index contributed by atoms with van der Waals surface area (Å²) < 4.78 is 5.87. The van der Waals surface area contributed by atoms with Crippen LogP contribution < -0.4 is 4.74 Å². The van der Waals surface area contributed by atoms with E-state index in [2.05, 4.69) is 0 Å². The lowest BCUT2D eigenvalue weighted by Crippen LogP contribution is -1.98. The minimum atomic E-state index is -0.343. The molecule has 0 saturated heterocycles. The normalized spacial score (nSPS) is 17.3. The Balaban J connectivity index is 1.78. The van der Waals surface area contributed by atoms with Crippen molar-refractivity contribution in [1.82, 2.24) is 0 Å². The van der Waals surface area contributed by atoms with Crippen LogP contribution in [0.5, 0.6) is 5.75 Å². The molecule has 0 aromatic heterocycles. The topological polar surface area (TPSA) is 29.5 Å². The highest BCUT2D eigenvalue weighted by atomic mass is 35.5. The van der Waals surface area contributed by atoms with Crippen LogP contribution in [0.25, 0.3) is 0 Å². The van der Waals surface area contributed by atoms with Gasteiger partial charge in [0.1, 0.15) is 12.4 Å². The number of fused-ring (bicyclic) bond motifs is 1. The summed E-state index contributed by atoms with van der Waals surface area (Å²) in [5, 5.41) is 10.6. The van der Waals surface area contributed by atoms with Crippen molar-refractivity contribution in [3.63, 3.8) is 0 Å². The standard InChI is InChI=1S/C16H15ClO2/c17-12-4-1-3-11(9-12)10-19-16-6-2-5-13-14(16)7-8-15(13)18/h1-6,9,15,18H,7-8,10H2. The number of rotatable bonds is 3. The molecule has 0 fully saturated rings. The van der Waals surface area contributed by atoms with Crippen molar-refractivity contribution in [1.29, 1.82) is 0 Å². The molecule has 0 bridgehead atoms. The fourth-order valence-electron chi connectivity index (χ4n) is 2.52. The molecule has 3 heteroatoms. The molecule has 2 aromatic carbocycles. The van der Waals surface area contributed by atoms with Gasteiger partial charge in [-0.15, -0.1) is 0 Å². The lowest BCUT2D eigenvalue weighted by Gasteiger charge is -2.11. The van der Waals surface area contributed by atoms with Gasteiger partial charge in [0.15, 0.2) is 0 Å². The third kappa shape index (κ3) is 2.60. The van der Waals surface area contributed by atoms with Crippen molar-refractivity contribution < 1.29 is 9.84 Å². The van der Waals surface area contributed by atoms with E-state index in [-0.39, 0.29) is 6.10 Å². The summed E-state index contributed by atoms with van der Waals surface area (Å²) >= 11 is 5.95. The van der Waals surface area contributed by atoms with Crippen molar-refractivity contribution in [2.45, 2.75) is 25.6 Å². The van der Waals surface area contributed by atoms with Gasteiger partial charge >= 0.3 is 0 Å². The average molecular weight is 275 g/mol. The second-order valence-electron chi connectivity index (χ2n) is 4.80. The zero-order chi connectivity index (χ0) is 13.2. The fraction of sp³-hybridized carbons (Fsp3) is 0.250. The number of hydrogen-bond acceptors (Lipinski definition) is 2. The monoisotopic (exact) mass is 274 g/mol. The highest BCUT2D eigenvalue weighted by Crippen LogP contribution is 2.36. The summed E-state index contributed by atoms with van der Waals surface area (Å²) in [7, 11) is 0. The molecule has 2 nitrogen and oxygen atoms in total. The Morgan fingerprint density at radius 2 is 2.05 bits per heavy atom. The second kappa shape index (κ2) is 5.24. The third-order valence-electron chi connectivity index (χ3n) is 3.48. The van der Waals surface area contributed by atoms with E-state index in [4.69, 9.17) is 16.3 Å². The van der Waals surface area contributed by atoms with E-state index >= 15 is 0 Å². The molecule has 0 radical (unpaired) electrons. The molecule has 98 valence electrons. The molecule has 0 heterocycles. The molecule has 3 rings (SSSR count). The molecule has 1 atom stereocenters. The van der Waals surface area contributed by atoms with Crippen LogP contribution in [0.4, 0.5) is 0 Å². The Morgan fingerprint density at radius 3 is 2.89 bits per heavy atom. The maximum Gasteiger partial charge on any atom is 0.123 e. The van der Waals surface area contributed by atoms with Crippen molar-refractivity contribution in [2.75, 3.05) is 0 Å². The molecule has 0 saturated carbocycles. The quantitative estimate of drug-likeness (QED) is 0.920. The van der Waals surface area contributed by atoms with Gasteiger partial charge in [-0.05, 0) is 42.2 Å². The summed E-state index contributed by atoms with van der Waals surface area (Å²) in [6, 6.07) is 13.5. The van der Waals surface area contributed by atoms with Crippen molar-refractivity contribution in [3.05, 3.63) is 64.2 Å². The average Bonchev–Trinajstić information content (AvgIpc) is 2.79. The minimum Gasteiger partial charge on any atom is -0.489 e. The molecule has 1 N–H and O–H groups in total. The van der Waals surface area contributed by atoms with Gasteiger partial charge in [0.2, 0.25) is 0 Å². The van der Waals surface area contributed by atoms with Gasteiger partial charge in [0.25, 0.3) is 0 Å². The van der Waals surface area contributed by atoms with Crippen LogP contribution in [-0.4, -0.2) is 5.11 Å². The van der Waals surface area contributed by atoms with Gasteiger partial charge in [-0.2, -0.15) is 0 Å². The third-order valence-corrected chi connectivity index (χ3v) is 3.71. The Hall–Kier alpha value is -1.51. The first-order valence-electron chi connectivity index (χ1n) is 6.41. The first kappa shape index (κ1) is 12.5. The molecular formula is C16H15ClO2. The van der Waals surface area contributed by atoms with Gasteiger partial charge in [0, 0.05) is 10.6 Å². The van der Waals surface area contributed by atoms with Gasteiger partial charge in [-0.25, -0.2) is 0 Å². The summed E-state index contributed by atoms with van der Waals surface area (Å²) in [5.41, 5.74) is 3.18. The first-order chi connectivity index (χ1) is 9.24. The first-order valence-corrected chi connectivity index (χ1v) is 6.79. The van der Waals surface area contributed by atoms with Crippen molar-refractivity contribution in [2.24, 2.45) is 0 Å². The summed E-state index contributed by atoms with van der Waals surface area (Å²) in [6.07, 6.45) is 1.32. The van der Waals surface area contributed by atoms with E-state index in [1.807, 2.05) is 42.5 Å². The minimum absolute atomic E-state index is 0.343. The Bertz CT molecular complexity index is 595. The Morgan fingerprint density at radius 1 is 1.21 bits per heavy atom. The lowest BCUT2D eigenvalue weighted by atomic mass is 10.1. The molecule has 1 aliphatic rings. The maximum atomic E-state index is 9.85. The van der Waals surface area contributed by atoms with E-state index in [0.29, 0.717) is 6.61 Å². The molecule has 2 aromatic rings. The van der Waals surface area contributed by atoms with Gasteiger partial charge in [0.05, 0.1) is 6.10 Å². The van der Waals surface area contributed by atoms with Crippen molar-refractivity contribution >= 4 is 11.6 Å². The van der Waals surface area contributed by atoms with Gasteiger partial charge in [-0.1, -0.05) is 35.9 Å². The SMILES string of the molecule is OC1CCc2c(OCc3cccc(Cl)c3)cccc21. The second-order valence-corrected chi connectivity index (χ2v) is 5.23. The number of benzene rings is 2. The lowest BCUT2D eigenvalue weighted by molar-refractivity contribution is 0.180. The summed E-state index contributed by atoms with van der Waals surface area (Å²) in [4.78, 5) is 0. The maximum absolute atomic E-state index is 9.85. The summed E-state index contributed by atoms with van der Waals surface area (Å²) in [5.74, 6) is 0.869. The molecule has 1 aliphatic carbocycles. The molecule has 0 aliphatic heterocycles. The van der Waals surface area contributed by atoms with Crippen LogP contribution in [0.3, 0.4) is 0 Å². The highest BCUT2D eigenvalue weighted by Gasteiger charge is 2.23. The van der Waals surface area contributed by atoms with E-state index in [1.165, 1.54) is 0 Å². The van der Waals surface area contributed by atoms with E-state index in [9.17, 15) is 5.11 Å². The number of halogens is 1. The van der Waals surface area contributed by atoms with Crippen LogP contribution in [0.15, 0.2) is 42.5 Å². The zero-order valence-corrected chi connectivity index (χ0v) is 11.2. The zero-order valence-electron chi connectivity index (χ0n) is 10.5. The molecule has 0 amide bonds. The Labute approximate surface area is 117 Å². The van der Waals surface area contributed by atoms with Gasteiger partial charge in [-0.3, -0.25) is 0 Å². The largest absolute Gasteiger partial charge is 0.489 e. The van der Waals surface area contributed by atoms with Crippen LogP contribution >= 0.6 is 11.6 Å². The molecule has 19 heavy (non-hydrogen) atoms. The number of aliphatic hydroxyl groups is 1. The van der Waals surface area contributed by atoms with Crippen LogP contribution in [0.1, 0.15) is 29.2 Å². The highest BCUT2D eigenvalue weighted by molar-refractivity contribution is 6.30.